The minimum atomic E-state index is -0.214. The number of nitrogens with one attached hydrogen (secondary N) is 1. The highest BCUT2D eigenvalue weighted by atomic mass is 32.1. The number of rotatable bonds is 4. The van der Waals surface area contributed by atoms with E-state index < -0.39 is 0 Å². The number of aryl methyl sites for hydroxylation is 1. The highest BCUT2D eigenvalue weighted by Crippen LogP contribution is 2.16. The maximum absolute atomic E-state index is 12.1. The van der Waals surface area contributed by atoms with Gasteiger partial charge in [-0.1, -0.05) is 18.8 Å². The monoisotopic (exact) mass is 300 g/mol. The average Bonchev–Trinajstić information content (AvgIpc) is 2.99. The lowest BCUT2D eigenvalue weighted by Gasteiger charge is -2.03. The van der Waals surface area contributed by atoms with Crippen molar-refractivity contribution in [1.82, 2.24) is 10.3 Å². The van der Waals surface area contributed by atoms with E-state index in [2.05, 4.69) is 35.1 Å². The van der Waals surface area contributed by atoms with E-state index in [4.69, 9.17) is 5.11 Å². The van der Waals surface area contributed by atoms with Crippen molar-refractivity contribution in [2.75, 3.05) is 6.61 Å². The third-order valence-corrected chi connectivity index (χ3v) is 4.03. The maximum Gasteiger partial charge on any atom is 0.253 e. The summed E-state index contributed by atoms with van der Waals surface area (Å²) in [5, 5.41) is 11.5. The summed E-state index contributed by atoms with van der Waals surface area (Å²) >= 11 is 1.70. The Morgan fingerprint density at radius 1 is 1.38 bits per heavy atom. The van der Waals surface area contributed by atoms with Crippen LogP contribution in [-0.4, -0.2) is 22.6 Å². The van der Waals surface area contributed by atoms with Crippen molar-refractivity contribution in [3.8, 4) is 11.8 Å². The number of thiophene rings is 1. The van der Waals surface area contributed by atoms with Gasteiger partial charge in [-0.3, -0.25) is 9.78 Å². The molecule has 0 atom stereocenters. The molecule has 2 heterocycles. The molecule has 21 heavy (non-hydrogen) atoms. The first-order chi connectivity index (χ1) is 10.2. The van der Waals surface area contributed by atoms with Crippen LogP contribution in [0, 0.1) is 11.8 Å². The van der Waals surface area contributed by atoms with Crippen LogP contribution in [0.4, 0.5) is 0 Å². The summed E-state index contributed by atoms with van der Waals surface area (Å²) in [7, 11) is 0. The molecule has 1 amide bonds. The second kappa shape index (κ2) is 7.58. The van der Waals surface area contributed by atoms with E-state index in [-0.39, 0.29) is 12.5 Å². The number of aromatic nitrogens is 1. The number of pyridine rings is 1. The van der Waals surface area contributed by atoms with Gasteiger partial charge >= 0.3 is 0 Å². The molecular weight excluding hydrogens is 284 g/mol. The van der Waals surface area contributed by atoms with Gasteiger partial charge in [0.2, 0.25) is 0 Å². The second-order valence-electron chi connectivity index (χ2n) is 4.33. The first-order valence-corrected chi connectivity index (χ1v) is 7.45. The maximum atomic E-state index is 12.1. The van der Waals surface area contributed by atoms with E-state index >= 15 is 0 Å². The van der Waals surface area contributed by atoms with Crippen LogP contribution < -0.4 is 5.32 Å². The first kappa shape index (κ1) is 15.2. The summed E-state index contributed by atoms with van der Waals surface area (Å²) in [4.78, 5) is 18.5. The molecule has 108 valence electrons. The van der Waals surface area contributed by atoms with Crippen LogP contribution >= 0.6 is 11.3 Å². The minimum absolute atomic E-state index is 0.179. The molecule has 0 fully saturated rings. The zero-order valence-electron chi connectivity index (χ0n) is 11.7. The normalized spacial score (nSPS) is 9.81. The van der Waals surface area contributed by atoms with Crippen molar-refractivity contribution in [2.45, 2.75) is 19.9 Å². The Labute approximate surface area is 127 Å². The Bertz CT molecular complexity index is 683. The quantitative estimate of drug-likeness (QED) is 0.849. The van der Waals surface area contributed by atoms with E-state index in [0.29, 0.717) is 17.7 Å². The fourth-order valence-electron chi connectivity index (χ4n) is 1.75. The van der Waals surface area contributed by atoms with Gasteiger partial charge < -0.3 is 10.4 Å². The number of nitrogens with zero attached hydrogens (tertiary/aromatic N) is 1. The molecule has 0 aliphatic heterocycles. The van der Waals surface area contributed by atoms with Crippen LogP contribution in [0.15, 0.2) is 30.6 Å². The third-order valence-electron chi connectivity index (χ3n) is 2.80. The second-order valence-corrected chi connectivity index (χ2v) is 5.58. The summed E-state index contributed by atoms with van der Waals surface area (Å²) in [6.07, 6.45) is 4.08. The van der Waals surface area contributed by atoms with Gasteiger partial charge in [-0.15, -0.1) is 11.3 Å². The zero-order chi connectivity index (χ0) is 15.1. The Morgan fingerprint density at radius 3 is 2.90 bits per heavy atom. The molecule has 0 aliphatic carbocycles. The number of hydrogen-bond acceptors (Lipinski definition) is 4. The number of carbonyl (C=O) groups is 1. The lowest BCUT2D eigenvalue weighted by Crippen LogP contribution is -2.22. The molecule has 0 saturated heterocycles. The van der Waals surface area contributed by atoms with Crippen LogP contribution in [0.1, 0.15) is 32.6 Å². The molecule has 0 bridgehead atoms. The summed E-state index contributed by atoms with van der Waals surface area (Å²) in [5.74, 6) is 5.09. The number of amides is 1. The number of hydrogen-bond donors (Lipinski definition) is 2. The zero-order valence-corrected chi connectivity index (χ0v) is 12.5. The first-order valence-electron chi connectivity index (χ1n) is 6.63. The van der Waals surface area contributed by atoms with Crippen molar-refractivity contribution in [1.29, 1.82) is 0 Å². The molecule has 2 aromatic rings. The van der Waals surface area contributed by atoms with Crippen LogP contribution in [0.2, 0.25) is 0 Å². The van der Waals surface area contributed by atoms with E-state index in [1.165, 1.54) is 11.1 Å². The van der Waals surface area contributed by atoms with Crippen LogP contribution in [0.3, 0.4) is 0 Å². The van der Waals surface area contributed by atoms with Gasteiger partial charge in [0, 0.05) is 27.7 Å². The third kappa shape index (κ3) is 4.42. The highest BCUT2D eigenvalue weighted by molar-refractivity contribution is 7.11. The molecule has 4 nitrogen and oxygen atoms in total. The SMILES string of the molecule is CCc1ccc(CNC(=O)c2cncc(C#CCO)c2)s1. The largest absolute Gasteiger partial charge is 0.384 e. The predicted octanol–water partition coefficient (Wildman–Crippen LogP) is 1.98. The lowest BCUT2D eigenvalue weighted by atomic mass is 10.2. The molecule has 0 aromatic carbocycles. The number of aliphatic hydroxyl groups is 1. The van der Waals surface area contributed by atoms with Crippen molar-refractivity contribution < 1.29 is 9.90 Å². The minimum Gasteiger partial charge on any atom is -0.384 e. The summed E-state index contributed by atoms with van der Waals surface area (Å²) < 4.78 is 0. The van der Waals surface area contributed by atoms with E-state index in [1.807, 2.05) is 6.07 Å². The fourth-order valence-corrected chi connectivity index (χ4v) is 2.65. The Balaban J connectivity index is 1.99. The van der Waals surface area contributed by atoms with Gasteiger partial charge in [0.1, 0.15) is 6.61 Å². The Morgan fingerprint density at radius 2 is 2.19 bits per heavy atom. The van der Waals surface area contributed by atoms with Gasteiger partial charge in [0.25, 0.3) is 5.91 Å². The van der Waals surface area contributed by atoms with E-state index in [9.17, 15) is 4.79 Å². The van der Waals surface area contributed by atoms with E-state index in [0.717, 1.165) is 11.3 Å². The highest BCUT2D eigenvalue weighted by Gasteiger charge is 2.07. The van der Waals surface area contributed by atoms with Gasteiger partial charge in [-0.2, -0.15) is 0 Å². The van der Waals surface area contributed by atoms with Crippen LogP contribution in [-0.2, 0) is 13.0 Å². The van der Waals surface area contributed by atoms with Crippen molar-refractivity contribution in [3.05, 3.63) is 51.5 Å². The Hall–Kier alpha value is -2.16. The van der Waals surface area contributed by atoms with Crippen molar-refractivity contribution in [3.63, 3.8) is 0 Å². The predicted molar refractivity (Wildman–Crippen MR) is 83.1 cm³/mol. The molecule has 5 heteroatoms. The molecule has 0 radical (unpaired) electrons. The molecular formula is C16H16N2O2S. The van der Waals surface area contributed by atoms with Crippen molar-refractivity contribution >= 4 is 17.2 Å². The van der Waals surface area contributed by atoms with Gasteiger partial charge in [0.05, 0.1) is 12.1 Å². The Kier molecular flexibility index (Phi) is 5.50. The van der Waals surface area contributed by atoms with E-state index in [1.54, 1.807) is 23.6 Å². The lowest BCUT2D eigenvalue weighted by molar-refractivity contribution is 0.0951. The molecule has 0 unspecified atom stereocenters. The van der Waals surface area contributed by atoms with Gasteiger partial charge in [0.15, 0.2) is 0 Å². The van der Waals surface area contributed by atoms with Gasteiger partial charge in [-0.05, 0) is 24.6 Å². The van der Waals surface area contributed by atoms with Crippen LogP contribution in [0.25, 0.3) is 0 Å². The van der Waals surface area contributed by atoms with Gasteiger partial charge in [-0.25, -0.2) is 0 Å². The molecule has 0 spiro atoms. The fraction of sp³-hybridized carbons (Fsp3) is 0.250. The summed E-state index contributed by atoms with van der Waals surface area (Å²) in [6.45, 7) is 2.41. The molecule has 2 aromatic heterocycles. The topological polar surface area (TPSA) is 62.2 Å². The molecule has 2 N–H and O–H groups in total. The van der Waals surface area contributed by atoms with Crippen LogP contribution in [0.5, 0.6) is 0 Å². The number of carbonyl (C=O) groups excluding carboxylic acids is 1. The average molecular weight is 300 g/mol. The van der Waals surface area contributed by atoms with Crippen molar-refractivity contribution in [2.24, 2.45) is 0 Å². The summed E-state index contributed by atoms with van der Waals surface area (Å²) in [6, 6.07) is 5.78. The number of aliphatic hydroxyl groups excluding tert-OH is 1. The summed E-state index contributed by atoms with van der Waals surface area (Å²) in [5.41, 5.74) is 1.08. The smallest absolute Gasteiger partial charge is 0.253 e. The standard InChI is InChI=1S/C16H16N2O2S/c1-2-14-5-6-15(21-14)11-18-16(20)13-8-12(4-3-7-19)9-17-10-13/h5-6,8-10,19H,2,7,11H2,1H3,(H,18,20). The molecule has 0 aliphatic rings. The molecule has 2 rings (SSSR count). The molecule has 0 saturated carbocycles.